The van der Waals surface area contributed by atoms with Gasteiger partial charge in [0.25, 0.3) is 0 Å². The maximum atomic E-state index is 14.1. The summed E-state index contributed by atoms with van der Waals surface area (Å²) in [5, 5.41) is 1.11. The van der Waals surface area contributed by atoms with Crippen molar-refractivity contribution < 1.29 is 13.5 Å². The largest absolute Gasteiger partial charge is 0.483 e. The third kappa shape index (κ3) is 4.90. The van der Waals surface area contributed by atoms with Crippen molar-refractivity contribution in [1.29, 1.82) is 0 Å². The van der Waals surface area contributed by atoms with E-state index in [1.807, 2.05) is 6.92 Å². The fourth-order valence-corrected chi connectivity index (χ4v) is 3.13. The van der Waals surface area contributed by atoms with E-state index in [9.17, 15) is 8.78 Å². The Labute approximate surface area is 145 Å². The standard InChI is InChI=1S/C18H22F2N2OS/c1-5-6-13-7-15(19)17(16(20)8-13)23-10-14-9-21-12(4)22-18(14)24-11(2)3/h7-9,11H,5-6,10H2,1-4H3. The fraction of sp³-hybridized carbons (Fsp3) is 0.444. The Morgan fingerprint density at radius 2 is 1.88 bits per heavy atom. The van der Waals surface area contributed by atoms with Crippen LogP contribution in [0.4, 0.5) is 8.78 Å². The van der Waals surface area contributed by atoms with Crippen molar-refractivity contribution in [2.75, 3.05) is 0 Å². The molecule has 0 N–H and O–H groups in total. The van der Waals surface area contributed by atoms with Crippen LogP contribution >= 0.6 is 11.8 Å². The summed E-state index contributed by atoms with van der Waals surface area (Å²) in [5.41, 5.74) is 1.35. The minimum atomic E-state index is -0.676. The van der Waals surface area contributed by atoms with E-state index in [2.05, 4.69) is 23.8 Å². The predicted molar refractivity (Wildman–Crippen MR) is 92.4 cm³/mol. The normalized spacial score (nSPS) is 11.1. The first kappa shape index (κ1) is 18.6. The molecule has 1 aromatic heterocycles. The lowest BCUT2D eigenvalue weighted by molar-refractivity contribution is 0.270. The maximum absolute atomic E-state index is 14.1. The van der Waals surface area contributed by atoms with Gasteiger partial charge < -0.3 is 4.74 Å². The van der Waals surface area contributed by atoms with Gasteiger partial charge in [0.15, 0.2) is 17.4 Å². The summed E-state index contributed by atoms with van der Waals surface area (Å²) in [6, 6.07) is 2.66. The van der Waals surface area contributed by atoms with E-state index in [1.54, 1.807) is 24.9 Å². The van der Waals surface area contributed by atoms with Crippen LogP contribution in [-0.4, -0.2) is 15.2 Å². The Balaban J connectivity index is 2.19. The molecule has 0 atom stereocenters. The van der Waals surface area contributed by atoms with Gasteiger partial charge in [0.2, 0.25) is 0 Å². The molecule has 24 heavy (non-hydrogen) atoms. The number of aryl methyl sites for hydroxylation is 2. The van der Waals surface area contributed by atoms with Crippen LogP contribution in [0.3, 0.4) is 0 Å². The lowest BCUT2D eigenvalue weighted by Gasteiger charge is -2.13. The smallest absolute Gasteiger partial charge is 0.191 e. The molecular formula is C18H22F2N2OS. The summed E-state index contributed by atoms with van der Waals surface area (Å²) < 4.78 is 33.6. The van der Waals surface area contributed by atoms with Gasteiger partial charge in [-0.1, -0.05) is 27.2 Å². The molecule has 0 saturated carbocycles. The molecule has 0 unspecified atom stereocenters. The molecule has 0 spiro atoms. The molecule has 0 bridgehead atoms. The molecule has 3 nitrogen and oxygen atoms in total. The highest BCUT2D eigenvalue weighted by atomic mass is 32.2. The second-order valence-corrected chi connectivity index (χ2v) is 7.41. The monoisotopic (exact) mass is 352 g/mol. The van der Waals surface area contributed by atoms with Gasteiger partial charge >= 0.3 is 0 Å². The van der Waals surface area contributed by atoms with Crippen molar-refractivity contribution in [2.24, 2.45) is 0 Å². The van der Waals surface area contributed by atoms with Gasteiger partial charge in [-0.3, -0.25) is 0 Å². The molecule has 130 valence electrons. The molecule has 0 radical (unpaired) electrons. The van der Waals surface area contributed by atoms with Crippen LogP contribution in [-0.2, 0) is 13.0 Å². The number of hydrogen-bond donors (Lipinski definition) is 0. The van der Waals surface area contributed by atoms with Crippen molar-refractivity contribution in [2.45, 2.75) is 57.4 Å². The summed E-state index contributed by atoms with van der Waals surface area (Å²) >= 11 is 1.57. The minimum Gasteiger partial charge on any atom is -0.483 e. The van der Waals surface area contributed by atoms with Gasteiger partial charge in [-0.15, -0.1) is 11.8 Å². The molecule has 0 aliphatic rings. The number of halogens is 2. The van der Waals surface area contributed by atoms with E-state index < -0.39 is 11.6 Å². The number of hydrogen-bond acceptors (Lipinski definition) is 4. The molecule has 0 amide bonds. The summed E-state index contributed by atoms with van der Waals surface area (Å²) in [5.74, 6) is -1.05. The number of benzene rings is 1. The highest BCUT2D eigenvalue weighted by Gasteiger charge is 2.15. The predicted octanol–water partition coefficient (Wildman–Crippen LogP) is 5.10. The average Bonchev–Trinajstić information content (AvgIpc) is 2.48. The summed E-state index contributed by atoms with van der Waals surface area (Å²) in [4.78, 5) is 8.54. The number of thioether (sulfide) groups is 1. The average molecular weight is 352 g/mol. The lowest BCUT2D eigenvalue weighted by Crippen LogP contribution is -2.06. The second kappa shape index (κ2) is 8.42. The van der Waals surface area contributed by atoms with Gasteiger partial charge in [-0.05, 0) is 31.0 Å². The molecule has 2 rings (SSSR count). The summed E-state index contributed by atoms with van der Waals surface area (Å²) in [6.07, 6.45) is 3.11. The van der Waals surface area contributed by atoms with Crippen molar-refractivity contribution in [1.82, 2.24) is 9.97 Å². The van der Waals surface area contributed by atoms with Gasteiger partial charge in [0.1, 0.15) is 17.5 Å². The first-order valence-electron chi connectivity index (χ1n) is 8.00. The molecule has 1 heterocycles. The zero-order chi connectivity index (χ0) is 17.7. The van der Waals surface area contributed by atoms with Crippen LogP contribution < -0.4 is 4.74 Å². The van der Waals surface area contributed by atoms with E-state index in [-0.39, 0.29) is 12.4 Å². The second-order valence-electron chi connectivity index (χ2n) is 5.84. The quantitative estimate of drug-likeness (QED) is 0.513. The van der Waals surface area contributed by atoms with Crippen LogP contribution in [0.15, 0.2) is 23.4 Å². The van der Waals surface area contributed by atoms with Gasteiger partial charge in [0, 0.05) is 17.0 Å². The third-order valence-corrected chi connectivity index (χ3v) is 4.31. The Bertz CT molecular complexity index is 684. The molecule has 0 aliphatic carbocycles. The van der Waals surface area contributed by atoms with Crippen LogP contribution in [0.2, 0.25) is 0 Å². The fourth-order valence-electron chi connectivity index (χ4n) is 2.23. The highest BCUT2D eigenvalue weighted by Crippen LogP contribution is 2.28. The Morgan fingerprint density at radius 1 is 1.21 bits per heavy atom. The van der Waals surface area contributed by atoms with Gasteiger partial charge in [-0.2, -0.15) is 0 Å². The summed E-state index contributed by atoms with van der Waals surface area (Å²) in [6.45, 7) is 7.90. The van der Waals surface area contributed by atoms with Crippen molar-refractivity contribution in [3.8, 4) is 5.75 Å². The first-order chi connectivity index (χ1) is 11.4. The SMILES string of the molecule is CCCc1cc(F)c(OCc2cnc(C)nc2SC(C)C)c(F)c1. The van der Waals surface area contributed by atoms with E-state index in [4.69, 9.17) is 4.74 Å². The molecular weight excluding hydrogens is 330 g/mol. The van der Waals surface area contributed by atoms with Crippen molar-refractivity contribution >= 4 is 11.8 Å². The minimum absolute atomic E-state index is 0.0241. The third-order valence-electron chi connectivity index (χ3n) is 3.26. The zero-order valence-electron chi connectivity index (χ0n) is 14.4. The Morgan fingerprint density at radius 3 is 2.46 bits per heavy atom. The van der Waals surface area contributed by atoms with Gasteiger partial charge in [-0.25, -0.2) is 18.7 Å². The number of aromatic nitrogens is 2. The molecule has 6 heteroatoms. The van der Waals surface area contributed by atoms with E-state index in [0.29, 0.717) is 23.1 Å². The van der Waals surface area contributed by atoms with Gasteiger partial charge in [0.05, 0.1) is 0 Å². The van der Waals surface area contributed by atoms with Crippen LogP contribution in [0.5, 0.6) is 5.75 Å². The highest BCUT2D eigenvalue weighted by molar-refractivity contribution is 7.99. The Hall–Kier alpha value is -1.69. The molecule has 0 saturated heterocycles. The first-order valence-corrected chi connectivity index (χ1v) is 8.88. The number of ether oxygens (including phenoxy) is 1. The maximum Gasteiger partial charge on any atom is 0.191 e. The summed E-state index contributed by atoms with van der Waals surface area (Å²) in [7, 11) is 0. The van der Waals surface area contributed by atoms with Crippen LogP contribution in [0.1, 0.15) is 44.1 Å². The topological polar surface area (TPSA) is 35.0 Å². The van der Waals surface area contributed by atoms with Crippen LogP contribution in [0, 0.1) is 18.6 Å². The molecule has 2 aromatic rings. The van der Waals surface area contributed by atoms with Crippen LogP contribution in [0.25, 0.3) is 0 Å². The molecule has 0 aliphatic heterocycles. The van der Waals surface area contributed by atoms with E-state index >= 15 is 0 Å². The van der Waals surface area contributed by atoms with E-state index in [0.717, 1.165) is 17.0 Å². The van der Waals surface area contributed by atoms with Crippen molar-refractivity contribution in [3.05, 3.63) is 46.9 Å². The van der Waals surface area contributed by atoms with E-state index in [1.165, 1.54) is 12.1 Å². The zero-order valence-corrected chi connectivity index (χ0v) is 15.2. The number of rotatable bonds is 7. The molecule has 1 aromatic carbocycles. The number of nitrogens with zero attached hydrogens (tertiary/aromatic N) is 2. The lowest BCUT2D eigenvalue weighted by atomic mass is 10.1. The molecule has 0 fully saturated rings. The van der Waals surface area contributed by atoms with Crippen molar-refractivity contribution in [3.63, 3.8) is 0 Å². The Kier molecular flexibility index (Phi) is 6.54.